The summed E-state index contributed by atoms with van der Waals surface area (Å²) in [7, 11) is -1.43. The molecule has 0 radical (unpaired) electrons. The fourth-order valence-electron chi connectivity index (χ4n) is 2.48. The van der Waals surface area contributed by atoms with Crippen molar-refractivity contribution >= 4 is 16.9 Å². The molecule has 2 unspecified atom stereocenters. The van der Waals surface area contributed by atoms with Crippen LogP contribution in [-0.4, -0.2) is 44.1 Å². The van der Waals surface area contributed by atoms with E-state index in [-0.39, 0.29) is 22.9 Å². The van der Waals surface area contributed by atoms with Crippen molar-refractivity contribution in [2.24, 2.45) is 0 Å². The van der Waals surface area contributed by atoms with E-state index < -0.39 is 16.4 Å². The minimum atomic E-state index is -1.43. The summed E-state index contributed by atoms with van der Waals surface area (Å²) >= 11 is 0. The van der Waals surface area contributed by atoms with Crippen LogP contribution in [0.15, 0.2) is 23.4 Å². The summed E-state index contributed by atoms with van der Waals surface area (Å²) in [6.45, 7) is 6.06. The first kappa shape index (κ1) is 17.4. The lowest BCUT2D eigenvalue weighted by Crippen LogP contribution is -2.42. The lowest BCUT2D eigenvalue weighted by atomic mass is 10.2. The molecule has 7 heteroatoms. The standard InChI is InChI=1S/C16H21N3O3S/c1-16(2,3)22-15(20)19-9-5-7-13(19)11-23(21)14-12(10-17)6-4-8-18-14/h4,6,8,13H,5,7,9,11H2,1-3H3. The van der Waals surface area contributed by atoms with E-state index >= 15 is 0 Å². The van der Waals surface area contributed by atoms with Crippen LogP contribution in [0.2, 0.25) is 0 Å². The van der Waals surface area contributed by atoms with Gasteiger partial charge in [-0.3, -0.25) is 4.21 Å². The van der Waals surface area contributed by atoms with Gasteiger partial charge in [-0.25, -0.2) is 9.78 Å². The van der Waals surface area contributed by atoms with Crippen LogP contribution in [0.3, 0.4) is 0 Å². The van der Waals surface area contributed by atoms with Crippen LogP contribution in [0.5, 0.6) is 0 Å². The first-order chi connectivity index (χ1) is 10.8. The molecule has 1 saturated heterocycles. The van der Waals surface area contributed by atoms with Crippen molar-refractivity contribution in [1.29, 1.82) is 5.26 Å². The number of ether oxygens (including phenoxy) is 1. The molecule has 1 aliphatic heterocycles. The van der Waals surface area contributed by atoms with Gasteiger partial charge in [0.15, 0.2) is 0 Å². The zero-order chi connectivity index (χ0) is 17.0. The number of rotatable bonds is 3. The number of hydrogen-bond donors (Lipinski definition) is 0. The molecule has 124 valence electrons. The molecule has 0 aliphatic carbocycles. The first-order valence-corrected chi connectivity index (χ1v) is 8.87. The Bertz CT molecular complexity index is 649. The van der Waals surface area contributed by atoms with E-state index in [2.05, 4.69) is 4.98 Å². The summed E-state index contributed by atoms with van der Waals surface area (Å²) in [5.41, 5.74) is -0.245. The number of aromatic nitrogens is 1. The van der Waals surface area contributed by atoms with Crippen LogP contribution >= 0.6 is 0 Å². The average molecular weight is 335 g/mol. The number of amides is 1. The van der Waals surface area contributed by atoms with Gasteiger partial charge in [0.25, 0.3) is 0 Å². The summed E-state index contributed by atoms with van der Waals surface area (Å²) in [6.07, 6.45) is 2.78. The number of pyridine rings is 1. The predicted octanol–water partition coefficient (Wildman–Crippen LogP) is 2.46. The molecule has 2 heterocycles. The Morgan fingerprint density at radius 1 is 1.57 bits per heavy atom. The Kier molecular flexibility index (Phi) is 5.37. The van der Waals surface area contributed by atoms with Gasteiger partial charge in [-0.2, -0.15) is 5.26 Å². The highest BCUT2D eigenvalue weighted by atomic mass is 32.2. The van der Waals surface area contributed by atoms with E-state index in [9.17, 15) is 9.00 Å². The monoisotopic (exact) mass is 335 g/mol. The van der Waals surface area contributed by atoms with E-state index in [1.165, 1.54) is 6.20 Å². The largest absolute Gasteiger partial charge is 0.444 e. The maximum Gasteiger partial charge on any atom is 0.410 e. The molecule has 1 aliphatic rings. The van der Waals surface area contributed by atoms with Crippen LogP contribution in [0.4, 0.5) is 4.79 Å². The molecule has 2 rings (SSSR count). The molecule has 0 saturated carbocycles. The quantitative estimate of drug-likeness (QED) is 0.847. The highest BCUT2D eigenvalue weighted by Gasteiger charge is 2.33. The Morgan fingerprint density at radius 2 is 2.30 bits per heavy atom. The molecule has 6 nitrogen and oxygen atoms in total. The number of carbonyl (C=O) groups is 1. The highest BCUT2D eigenvalue weighted by Crippen LogP contribution is 2.23. The van der Waals surface area contributed by atoms with Gasteiger partial charge < -0.3 is 9.64 Å². The highest BCUT2D eigenvalue weighted by molar-refractivity contribution is 7.85. The number of carbonyl (C=O) groups excluding carboxylic acids is 1. The van der Waals surface area contributed by atoms with Crippen LogP contribution in [0.1, 0.15) is 39.2 Å². The van der Waals surface area contributed by atoms with Crippen molar-refractivity contribution in [3.63, 3.8) is 0 Å². The van der Waals surface area contributed by atoms with E-state index in [1.54, 1.807) is 17.0 Å². The van der Waals surface area contributed by atoms with Crippen molar-refractivity contribution in [2.75, 3.05) is 12.3 Å². The summed E-state index contributed by atoms with van der Waals surface area (Å²) < 4.78 is 18.0. The molecular weight excluding hydrogens is 314 g/mol. The second kappa shape index (κ2) is 7.09. The maximum absolute atomic E-state index is 12.6. The van der Waals surface area contributed by atoms with E-state index in [0.717, 1.165) is 12.8 Å². The van der Waals surface area contributed by atoms with Crippen molar-refractivity contribution in [1.82, 2.24) is 9.88 Å². The van der Waals surface area contributed by atoms with Crippen LogP contribution in [-0.2, 0) is 15.5 Å². The second-order valence-electron chi connectivity index (χ2n) is 6.45. The molecule has 1 fully saturated rings. The van der Waals surface area contributed by atoms with Gasteiger partial charge in [0.2, 0.25) is 0 Å². The molecule has 0 N–H and O–H groups in total. The van der Waals surface area contributed by atoms with E-state index in [1.807, 2.05) is 26.8 Å². The fourth-order valence-corrected chi connectivity index (χ4v) is 3.87. The Balaban J connectivity index is 2.08. The Hall–Kier alpha value is -1.94. The second-order valence-corrected chi connectivity index (χ2v) is 7.86. The van der Waals surface area contributed by atoms with E-state index in [4.69, 9.17) is 10.00 Å². The third-order valence-corrected chi connectivity index (χ3v) is 4.90. The molecule has 1 amide bonds. The minimum Gasteiger partial charge on any atom is -0.444 e. The molecule has 0 spiro atoms. The van der Waals surface area contributed by atoms with Crippen molar-refractivity contribution < 1.29 is 13.7 Å². The average Bonchev–Trinajstić information content (AvgIpc) is 2.93. The number of hydrogen-bond acceptors (Lipinski definition) is 5. The van der Waals surface area contributed by atoms with Gasteiger partial charge in [0, 0.05) is 18.8 Å². The fraction of sp³-hybridized carbons (Fsp3) is 0.562. The van der Waals surface area contributed by atoms with Gasteiger partial charge in [0.1, 0.15) is 16.7 Å². The molecule has 2 atom stereocenters. The zero-order valence-corrected chi connectivity index (χ0v) is 14.4. The summed E-state index contributed by atoms with van der Waals surface area (Å²) in [5.74, 6) is 0.269. The van der Waals surface area contributed by atoms with Crippen LogP contribution < -0.4 is 0 Å². The Morgan fingerprint density at radius 3 is 2.96 bits per heavy atom. The third-order valence-electron chi connectivity index (χ3n) is 3.46. The molecule has 0 bridgehead atoms. The number of nitrogens with zero attached hydrogens (tertiary/aromatic N) is 3. The van der Waals surface area contributed by atoms with Gasteiger partial charge in [-0.1, -0.05) is 0 Å². The first-order valence-electron chi connectivity index (χ1n) is 7.55. The van der Waals surface area contributed by atoms with Gasteiger partial charge in [-0.15, -0.1) is 0 Å². The lowest BCUT2D eigenvalue weighted by Gasteiger charge is -2.28. The van der Waals surface area contributed by atoms with Crippen LogP contribution in [0.25, 0.3) is 0 Å². The molecular formula is C16H21N3O3S. The third kappa shape index (κ3) is 4.52. The van der Waals surface area contributed by atoms with Crippen molar-refractivity contribution in [3.8, 4) is 6.07 Å². The lowest BCUT2D eigenvalue weighted by molar-refractivity contribution is 0.0241. The maximum atomic E-state index is 12.6. The zero-order valence-electron chi connectivity index (χ0n) is 13.6. The number of nitriles is 1. The topological polar surface area (TPSA) is 83.3 Å². The summed E-state index contributed by atoms with van der Waals surface area (Å²) in [4.78, 5) is 17.9. The minimum absolute atomic E-state index is 0.153. The van der Waals surface area contributed by atoms with Gasteiger partial charge in [0.05, 0.1) is 22.1 Å². The Labute approximate surface area is 138 Å². The number of likely N-dealkylation sites (tertiary alicyclic amines) is 1. The van der Waals surface area contributed by atoms with Crippen LogP contribution in [0, 0.1) is 11.3 Å². The summed E-state index contributed by atoms with van der Waals surface area (Å²) in [6, 6.07) is 5.09. The van der Waals surface area contributed by atoms with Crippen molar-refractivity contribution in [2.45, 2.75) is 50.3 Å². The van der Waals surface area contributed by atoms with Crippen molar-refractivity contribution in [3.05, 3.63) is 23.9 Å². The molecule has 0 aromatic carbocycles. The summed E-state index contributed by atoms with van der Waals surface area (Å²) in [5, 5.41) is 9.37. The SMILES string of the molecule is CC(C)(C)OC(=O)N1CCCC1CS(=O)c1ncccc1C#N. The smallest absolute Gasteiger partial charge is 0.410 e. The molecule has 1 aromatic heterocycles. The molecule has 23 heavy (non-hydrogen) atoms. The van der Waals surface area contributed by atoms with Gasteiger partial charge in [-0.05, 0) is 45.7 Å². The predicted molar refractivity (Wildman–Crippen MR) is 86.2 cm³/mol. The molecule has 1 aromatic rings. The van der Waals surface area contributed by atoms with E-state index in [0.29, 0.717) is 12.1 Å². The van der Waals surface area contributed by atoms with Gasteiger partial charge >= 0.3 is 6.09 Å². The normalized spacial score (nSPS) is 19.2.